The molecule has 2 rings (SSSR count). The van der Waals surface area contributed by atoms with Gasteiger partial charge in [0, 0.05) is 37.8 Å². The van der Waals surface area contributed by atoms with Crippen molar-refractivity contribution >= 4 is 0 Å². The Kier molecular flexibility index (Phi) is 5.34. The molecular weight excluding hydrogens is 239 g/mol. The molecule has 19 heavy (non-hydrogen) atoms. The molecule has 3 heteroatoms. The number of hydrogen-bond acceptors (Lipinski definition) is 2. The van der Waals surface area contributed by atoms with E-state index in [0.29, 0.717) is 0 Å². The van der Waals surface area contributed by atoms with Crippen molar-refractivity contribution in [1.29, 1.82) is 0 Å². The number of rotatable bonds is 5. The minimum atomic E-state index is -0.0507. The molecule has 0 spiro atoms. The molecule has 0 saturated carbocycles. The van der Waals surface area contributed by atoms with Crippen LogP contribution in [0.15, 0.2) is 18.2 Å². The molecule has 0 unspecified atom stereocenters. The van der Waals surface area contributed by atoms with Crippen molar-refractivity contribution in [2.24, 2.45) is 0 Å². The van der Waals surface area contributed by atoms with Crippen LogP contribution in [-0.4, -0.2) is 31.1 Å². The maximum Gasteiger partial charge on any atom is 0.128 e. The summed E-state index contributed by atoms with van der Waals surface area (Å²) in [6.45, 7) is 8.29. The van der Waals surface area contributed by atoms with Gasteiger partial charge in [-0.2, -0.15) is 0 Å². The Balaban J connectivity index is 2.22. The number of hydrogen-bond donors (Lipinski definition) is 1. The predicted octanol–water partition coefficient (Wildman–Crippen LogP) is 3.27. The van der Waals surface area contributed by atoms with E-state index >= 15 is 0 Å². The molecule has 1 saturated heterocycles. The minimum Gasteiger partial charge on any atom is -0.314 e. The van der Waals surface area contributed by atoms with Gasteiger partial charge in [-0.05, 0) is 19.4 Å². The van der Waals surface area contributed by atoms with Gasteiger partial charge in [0.05, 0.1) is 0 Å². The van der Waals surface area contributed by atoms with Crippen molar-refractivity contribution in [1.82, 2.24) is 10.2 Å². The third-order valence-corrected chi connectivity index (χ3v) is 3.93. The number of benzene rings is 1. The first-order chi connectivity index (χ1) is 9.22. The summed E-state index contributed by atoms with van der Waals surface area (Å²) in [6, 6.07) is 5.73. The smallest absolute Gasteiger partial charge is 0.128 e. The maximum absolute atomic E-state index is 14.2. The second kappa shape index (κ2) is 7.01. The molecule has 1 heterocycles. The lowest BCUT2D eigenvalue weighted by molar-refractivity contribution is 0.160. The average Bonchev–Trinajstić information content (AvgIpc) is 2.44. The minimum absolute atomic E-state index is 0.0507. The van der Waals surface area contributed by atoms with Gasteiger partial charge in [-0.15, -0.1) is 0 Å². The van der Waals surface area contributed by atoms with Gasteiger partial charge in [-0.25, -0.2) is 4.39 Å². The summed E-state index contributed by atoms with van der Waals surface area (Å²) in [5.41, 5.74) is 2.03. The second-order valence-corrected chi connectivity index (χ2v) is 5.47. The van der Waals surface area contributed by atoms with E-state index in [4.69, 9.17) is 0 Å². The second-order valence-electron chi connectivity index (χ2n) is 5.47. The first kappa shape index (κ1) is 14.5. The molecule has 1 atom stereocenters. The summed E-state index contributed by atoms with van der Waals surface area (Å²) >= 11 is 0. The van der Waals surface area contributed by atoms with Crippen molar-refractivity contribution in [3.8, 4) is 0 Å². The first-order valence-electron chi connectivity index (χ1n) is 7.43. The third kappa shape index (κ3) is 3.77. The van der Waals surface area contributed by atoms with Crippen LogP contribution < -0.4 is 5.32 Å². The molecule has 1 fully saturated rings. The quantitative estimate of drug-likeness (QED) is 0.878. The van der Waals surface area contributed by atoms with Gasteiger partial charge in [0.25, 0.3) is 0 Å². The molecule has 1 aliphatic heterocycles. The van der Waals surface area contributed by atoms with Crippen LogP contribution >= 0.6 is 0 Å². The number of unbranched alkanes of at least 4 members (excludes halogenated alkanes) is 1. The van der Waals surface area contributed by atoms with Gasteiger partial charge in [0.1, 0.15) is 5.82 Å². The summed E-state index contributed by atoms with van der Waals surface area (Å²) in [6.07, 6.45) is 3.37. The van der Waals surface area contributed by atoms with Crippen molar-refractivity contribution in [2.45, 2.75) is 39.2 Å². The number of nitrogens with one attached hydrogen (secondary N) is 1. The summed E-state index contributed by atoms with van der Waals surface area (Å²) < 4.78 is 14.2. The standard InChI is InChI=1S/C16H25FN2/c1-3-4-5-16(19-10-8-18-9-11-19)14-12-13(2)6-7-15(14)17/h6-7,12,16,18H,3-5,8-11H2,1-2H3/t16-/m0/s1. The molecule has 0 bridgehead atoms. The number of nitrogens with zero attached hydrogens (tertiary/aromatic N) is 1. The molecule has 2 nitrogen and oxygen atoms in total. The van der Waals surface area contributed by atoms with Gasteiger partial charge < -0.3 is 5.32 Å². The molecular formula is C16H25FN2. The fourth-order valence-electron chi connectivity index (χ4n) is 2.84. The zero-order chi connectivity index (χ0) is 13.7. The van der Waals surface area contributed by atoms with E-state index in [0.717, 1.165) is 56.6 Å². The largest absolute Gasteiger partial charge is 0.314 e. The molecule has 0 amide bonds. The van der Waals surface area contributed by atoms with Gasteiger partial charge >= 0.3 is 0 Å². The monoisotopic (exact) mass is 264 g/mol. The maximum atomic E-state index is 14.2. The van der Waals surface area contributed by atoms with E-state index in [1.54, 1.807) is 6.07 Å². The fourth-order valence-corrected chi connectivity index (χ4v) is 2.84. The number of aryl methyl sites for hydroxylation is 1. The van der Waals surface area contributed by atoms with Crippen LogP contribution in [0.5, 0.6) is 0 Å². The normalized spacial score (nSPS) is 18.5. The highest BCUT2D eigenvalue weighted by Gasteiger charge is 2.24. The van der Waals surface area contributed by atoms with E-state index in [-0.39, 0.29) is 11.9 Å². The van der Waals surface area contributed by atoms with E-state index in [1.807, 2.05) is 19.1 Å². The van der Waals surface area contributed by atoms with Crippen molar-refractivity contribution in [3.05, 3.63) is 35.1 Å². The van der Waals surface area contributed by atoms with Crippen molar-refractivity contribution in [3.63, 3.8) is 0 Å². The zero-order valence-electron chi connectivity index (χ0n) is 12.1. The van der Waals surface area contributed by atoms with Crippen LogP contribution in [0.1, 0.15) is 43.4 Å². The highest BCUT2D eigenvalue weighted by Crippen LogP contribution is 2.29. The molecule has 1 aromatic carbocycles. The molecule has 1 aliphatic rings. The zero-order valence-corrected chi connectivity index (χ0v) is 12.1. The number of halogens is 1. The lowest BCUT2D eigenvalue weighted by atomic mass is 9.97. The highest BCUT2D eigenvalue weighted by atomic mass is 19.1. The van der Waals surface area contributed by atoms with Crippen molar-refractivity contribution in [2.75, 3.05) is 26.2 Å². The Hall–Kier alpha value is -0.930. The SMILES string of the molecule is CCCC[C@@H](c1cc(C)ccc1F)N1CCNCC1. The molecule has 106 valence electrons. The molecule has 0 radical (unpaired) electrons. The summed E-state index contributed by atoms with van der Waals surface area (Å²) in [5.74, 6) is -0.0507. The Morgan fingerprint density at radius 1 is 1.32 bits per heavy atom. The van der Waals surface area contributed by atoms with Crippen molar-refractivity contribution < 1.29 is 4.39 Å². The lowest BCUT2D eigenvalue weighted by Crippen LogP contribution is -2.45. The Morgan fingerprint density at radius 3 is 2.74 bits per heavy atom. The fraction of sp³-hybridized carbons (Fsp3) is 0.625. The molecule has 0 aromatic heterocycles. The summed E-state index contributed by atoms with van der Waals surface area (Å²) in [4.78, 5) is 2.43. The summed E-state index contributed by atoms with van der Waals surface area (Å²) in [5, 5.41) is 3.37. The van der Waals surface area contributed by atoms with Crippen LogP contribution in [0.3, 0.4) is 0 Å². The average molecular weight is 264 g/mol. The Morgan fingerprint density at radius 2 is 2.05 bits per heavy atom. The van der Waals surface area contributed by atoms with Gasteiger partial charge in [0.15, 0.2) is 0 Å². The number of piperazine rings is 1. The van der Waals surface area contributed by atoms with Gasteiger partial charge in [-0.1, -0.05) is 37.5 Å². The van der Waals surface area contributed by atoms with Crippen LogP contribution in [0.2, 0.25) is 0 Å². The van der Waals surface area contributed by atoms with Crippen LogP contribution in [0, 0.1) is 12.7 Å². The topological polar surface area (TPSA) is 15.3 Å². The third-order valence-electron chi connectivity index (χ3n) is 3.93. The van der Waals surface area contributed by atoms with E-state index in [9.17, 15) is 4.39 Å². The van der Waals surface area contributed by atoms with E-state index < -0.39 is 0 Å². The molecule has 0 aliphatic carbocycles. The molecule has 1 aromatic rings. The van der Waals surface area contributed by atoms with Gasteiger partial charge in [-0.3, -0.25) is 4.90 Å². The van der Waals surface area contributed by atoms with Crippen LogP contribution in [0.4, 0.5) is 4.39 Å². The Bertz CT molecular complexity index is 400. The van der Waals surface area contributed by atoms with E-state index in [2.05, 4.69) is 17.1 Å². The first-order valence-corrected chi connectivity index (χ1v) is 7.43. The highest BCUT2D eigenvalue weighted by molar-refractivity contribution is 5.27. The lowest BCUT2D eigenvalue weighted by Gasteiger charge is -2.35. The van der Waals surface area contributed by atoms with Gasteiger partial charge in [0.2, 0.25) is 0 Å². The van der Waals surface area contributed by atoms with Crippen LogP contribution in [0.25, 0.3) is 0 Å². The van der Waals surface area contributed by atoms with E-state index in [1.165, 1.54) is 0 Å². The summed E-state index contributed by atoms with van der Waals surface area (Å²) in [7, 11) is 0. The Labute approximate surface area is 116 Å². The van der Waals surface area contributed by atoms with Crippen LogP contribution in [-0.2, 0) is 0 Å². The predicted molar refractivity (Wildman–Crippen MR) is 77.8 cm³/mol. The molecule has 1 N–H and O–H groups in total.